The summed E-state index contributed by atoms with van der Waals surface area (Å²) in [6.07, 6.45) is 8.45. The van der Waals surface area contributed by atoms with E-state index in [1.165, 1.54) is 27.9 Å². The molecule has 4 heterocycles. The summed E-state index contributed by atoms with van der Waals surface area (Å²) in [6, 6.07) is -1.000. The Morgan fingerprint density at radius 2 is 2.17 bits per heavy atom. The number of hydrogen-bond acceptors (Lipinski definition) is 11. The average Bonchev–Trinajstić information content (AvgIpc) is 3.41. The van der Waals surface area contributed by atoms with Gasteiger partial charge in [-0.1, -0.05) is 5.16 Å². The van der Waals surface area contributed by atoms with Crippen LogP contribution in [0.3, 0.4) is 0 Å². The number of carboxylic acid groups (broad SMARTS) is 1. The Morgan fingerprint density at radius 1 is 1.40 bits per heavy atom. The number of amides is 2. The second kappa shape index (κ2) is 8.77. The minimum Gasteiger partial charge on any atom is -0.543 e. The van der Waals surface area contributed by atoms with Gasteiger partial charge in [0.15, 0.2) is 5.13 Å². The van der Waals surface area contributed by atoms with Gasteiger partial charge in [0, 0.05) is 40.9 Å². The number of carbonyl (C=O) groups excluding carboxylic acids is 3. The third-order valence-corrected chi connectivity index (χ3v) is 8.60. The van der Waals surface area contributed by atoms with Crippen LogP contribution in [0.15, 0.2) is 40.0 Å². The van der Waals surface area contributed by atoms with Gasteiger partial charge >= 0.3 is 0 Å². The van der Waals surface area contributed by atoms with Crippen LogP contribution in [-0.2, 0) is 14.4 Å². The molecule has 0 saturated carbocycles. The van der Waals surface area contributed by atoms with Crippen molar-refractivity contribution in [2.24, 2.45) is 5.16 Å². The van der Waals surface area contributed by atoms with E-state index in [0.717, 1.165) is 37.2 Å². The van der Waals surface area contributed by atoms with Crippen molar-refractivity contribution in [2.45, 2.75) is 37.1 Å². The number of aliphatic carboxylic acids is 1. The fraction of sp³-hybridized carbons (Fsp3) is 0.429. The number of carboxylic acids is 1. The van der Waals surface area contributed by atoms with Gasteiger partial charge in [-0.15, -0.1) is 11.8 Å². The van der Waals surface area contributed by atoms with Crippen LogP contribution >= 0.6 is 23.3 Å². The fourth-order valence-electron chi connectivity index (χ4n) is 5.09. The molecular formula is C21H23N7O5S2. The van der Waals surface area contributed by atoms with Gasteiger partial charge in [0.25, 0.3) is 11.8 Å². The minimum atomic E-state index is -1.42. The van der Waals surface area contributed by atoms with E-state index in [4.69, 9.17) is 5.73 Å². The number of nitrogen functional groups attached to an aromatic ring is 1. The fourth-order valence-corrected chi connectivity index (χ4v) is 6.86. The summed E-state index contributed by atoms with van der Waals surface area (Å²) in [6.45, 7) is 0.428. The maximum Gasteiger partial charge on any atom is 0.278 e. The maximum absolute atomic E-state index is 13.0. The number of aromatic nitrogens is 2. The summed E-state index contributed by atoms with van der Waals surface area (Å²) in [5.74, 6) is -2.66. The molecular weight excluding hydrogens is 494 g/mol. The molecule has 1 aromatic heterocycles. The van der Waals surface area contributed by atoms with Crippen LogP contribution in [-0.4, -0.2) is 78.2 Å². The van der Waals surface area contributed by atoms with Crippen molar-refractivity contribution in [3.8, 4) is 0 Å². The van der Waals surface area contributed by atoms with Crippen LogP contribution in [0, 0.1) is 0 Å². The maximum atomic E-state index is 13.0. The van der Waals surface area contributed by atoms with Gasteiger partial charge < -0.3 is 26.2 Å². The van der Waals surface area contributed by atoms with Gasteiger partial charge in [0.2, 0.25) is 11.5 Å². The monoisotopic (exact) mass is 517 g/mol. The van der Waals surface area contributed by atoms with Crippen LogP contribution in [0.5, 0.6) is 0 Å². The van der Waals surface area contributed by atoms with Crippen molar-refractivity contribution in [1.29, 1.82) is 0 Å². The predicted molar refractivity (Wildman–Crippen MR) is 125 cm³/mol. The molecule has 12 nitrogen and oxygen atoms in total. The van der Waals surface area contributed by atoms with Crippen LogP contribution < -0.4 is 16.2 Å². The summed E-state index contributed by atoms with van der Waals surface area (Å²) < 4.78 is 4.33. The van der Waals surface area contributed by atoms with Crippen molar-refractivity contribution in [3.05, 3.63) is 40.6 Å². The normalized spacial score (nSPS) is 28.1. The Labute approximate surface area is 208 Å². The highest BCUT2D eigenvalue weighted by molar-refractivity contribution is 8.00. The number of oxime groups is 1. The number of thioether (sulfide) groups is 1. The van der Waals surface area contributed by atoms with Gasteiger partial charge in [-0.25, -0.2) is 0 Å². The van der Waals surface area contributed by atoms with Gasteiger partial charge in [-0.2, -0.15) is 9.36 Å². The Kier molecular flexibility index (Phi) is 5.89. The summed E-state index contributed by atoms with van der Waals surface area (Å²) in [5.41, 5.74) is 8.12. The standard InChI is InChI=1S/C21H23N7O5S2/c1-28(7-6-10-4-2-3-5-12(10)28)8-11-9-34-19-14(18(30)27(19)15(11)20(31)32)23-17(29)13(25-33)16-24-21(22)35-26-16/h6-7,14,19H,2-5,8-9H2,1H3,(H4-,22,23,24,26,29,31,32,33)/t14-,19-,28?/m1/s1. The number of quaternary nitrogens is 1. The molecule has 1 unspecified atom stereocenters. The number of nitrogens with two attached hydrogens (primary N) is 1. The molecule has 3 aliphatic heterocycles. The number of fused-ring (bicyclic) bond motifs is 1. The Morgan fingerprint density at radius 3 is 2.86 bits per heavy atom. The van der Waals surface area contributed by atoms with E-state index in [-0.39, 0.29) is 16.7 Å². The molecule has 14 heteroatoms. The predicted octanol–water partition coefficient (Wildman–Crippen LogP) is -0.495. The van der Waals surface area contributed by atoms with Gasteiger partial charge in [-0.3, -0.25) is 19.0 Å². The molecule has 3 atom stereocenters. The summed E-state index contributed by atoms with van der Waals surface area (Å²) in [4.78, 5) is 42.8. The number of nitrogens with one attached hydrogen (secondary N) is 1. The molecule has 1 fully saturated rings. The van der Waals surface area contributed by atoms with Crippen molar-refractivity contribution in [1.82, 2.24) is 19.6 Å². The third kappa shape index (κ3) is 3.90. The summed E-state index contributed by atoms with van der Waals surface area (Å²) in [7, 11) is 2.05. The van der Waals surface area contributed by atoms with Gasteiger partial charge in [0.1, 0.15) is 29.9 Å². The molecule has 4 N–H and O–H groups in total. The van der Waals surface area contributed by atoms with Crippen LogP contribution in [0.2, 0.25) is 0 Å². The molecule has 1 saturated heterocycles. The first-order valence-electron chi connectivity index (χ1n) is 11.0. The molecule has 0 spiro atoms. The summed E-state index contributed by atoms with van der Waals surface area (Å²) in [5, 5.41) is 26.3. The summed E-state index contributed by atoms with van der Waals surface area (Å²) >= 11 is 2.19. The zero-order chi connectivity index (χ0) is 24.9. The van der Waals surface area contributed by atoms with Crippen molar-refractivity contribution < 1.29 is 29.2 Å². The number of hydrogen-bond donors (Lipinski definition) is 3. The van der Waals surface area contributed by atoms with Crippen molar-refractivity contribution in [3.63, 3.8) is 0 Å². The molecule has 0 aromatic carbocycles. The highest BCUT2D eigenvalue weighted by Gasteiger charge is 2.54. The number of anilines is 1. The molecule has 2 amide bonds. The highest BCUT2D eigenvalue weighted by Crippen LogP contribution is 2.43. The molecule has 184 valence electrons. The molecule has 0 bridgehead atoms. The lowest BCUT2D eigenvalue weighted by Crippen LogP contribution is -2.71. The van der Waals surface area contributed by atoms with Gasteiger partial charge in [0.05, 0.1) is 18.7 Å². The van der Waals surface area contributed by atoms with Crippen LogP contribution in [0.25, 0.3) is 0 Å². The topological polar surface area (TPSA) is 174 Å². The second-order valence-corrected chi connectivity index (χ2v) is 10.8. The number of allylic oxidation sites excluding steroid dienone is 3. The number of likely N-dealkylation sites (N-methyl/N-ethyl adjacent to an activating group) is 1. The Bertz CT molecular complexity index is 1250. The van der Waals surface area contributed by atoms with Crippen molar-refractivity contribution in [2.75, 3.05) is 25.1 Å². The average molecular weight is 518 g/mol. The van der Waals surface area contributed by atoms with Crippen molar-refractivity contribution >= 4 is 51.9 Å². The molecule has 1 aliphatic carbocycles. The first-order valence-corrected chi connectivity index (χ1v) is 12.8. The largest absolute Gasteiger partial charge is 0.543 e. The Hall–Kier alpha value is -3.23. The highest BCUT2D eigenvalue weighted by atomic mass is 32.2. The van der Waals surface area contributed by atoms with Crippen LogP contribution in [0.4, 0.5) is 5.13 Å². The molecule has 4 aliphatic rings. The van der Waals surface area contributed by atoms with E-state index >= 15 is 0 Å². The molecule has 0 radical (unpaired) electrons. The zero-order valence-electron chi connectivity index (χ0n) is 18.8. The van der Waals surface area contributed by atoms with E-state index < -0.39 is 34.9 Å². The number of β-lactam (4-membered cyclic amide) rings is 1. The Balaban J connectivity index is 1.35. The lowest BCUT2D eigenvalue weighted by Gasteiger charge is -2.51. The SMILES string of the molecule is C[N+]1(CC2=C(C(=O)[O-])N3C(=O)[C@@H](NC(=O)/C(=N\O)c4nsc(N)n4)[C@H]3SC2)C=CC2=C1CCCC2. The number of carbonyl (C=O) groups is 3. The molecule has 35 heavy (non-hydrogen) atoms. The van der Waals surface area contributed by atoms with E-state index in [9.17, 15) is 24.7 Å². The number of rotatable bonds is 6. The third-order valence-electron chi connectivity index (χ3n) is 6.72. The first kappa shape index (κ1) is 23.5. The number of nitrogens with zero attached hydrogens (tertiary/aromatic N) is 5. The van der Waals surface area contributed by atoms with E-state index in [1.54, 1.807) is 0 Å². The van der Waals surface area contributed by atoms with E-state index in [0.29, 0.717) is 22.4 Å². The smallest absolute Gasteiger partial charge is 0.278 e. The van der Waals surface area contributed by atoms with E-state index in [2.05, 4.69) is 39.2 Å². The first-order chi connectivity index (χ1) is 16.7. The minimum absolute atomic E-state index is 0.0827. The van der Waals surface area contributed by atoms with Crippen LogP contribution in [0.1, 0.15) is 31.5 Å². The zero-order valence-corrected chi connectivity index (χ0v) is 20.4. The second-order valence-electron chi connectivity index (χ2n) is 8.93. The van der Waals surface area contributed by atoms with E-state index in [1.807, 2.05) is 0 Å². The lowest BCUT2D eigenvalue weighted by molar-refractivity contribution is -0.814. The molecule has 5 rings (SSSR count). The lowest BCUT2D eigenvalue weighted by atomic mass is 9.96. The van der Waals surface area contributed by atoms with Gasteiger partial charge in [-0.05, 0) is 19.3 Å². The molecule has 1 aromatic rings. The quantitative estimate of drug-likeness (QED) is 0.148.